The average molecular weight is 161 g/mol. The molecule has 0 rings (SSSR count). The Morgan fingerprint density at radius 3 is 2.00 bits per heavy atom. The fourth-order valence-corrected chi connectivity index (χ4v) is 0.319. The van der Waals surface area contributed by atoms with Crippen LogP contribution in [-0.4, -0.2) is 13.7 Å². The summed E-state index contributed by atoms with van der Waals surface area (Å²) in [7, 11) is 1.77. The summed E-state index contributed by atoms with van der Waals surface area (Å²) in [5.41, 5.74) is 2.60. The Morgan fingerprint density at radius 2 is 1.73 bits per heavy atom. The molecule has 0 aromatic heterocycles. The highest BCUT2D eigenvalue weighted by Gasteiger charge is 1.78. The van der Waals surface area contributed by atoms with Crippen molar-refractivity contribution in [2.24, 2.45) is 5.92 Å². The van der Waals surface area contributed by atoms with E-state index in [1.54, 1.807) is 7.05 Å². The van der Waals surface area contributed by atoms with Gasteiger partial charge in [0.15, 0.2) is 0 Å². The van der Waals surface area contributed by atoms with Crippen LogP contribution in [0.3, 0.4) is 0 Å². The van der Waals surface area contributed by atoms with Gasteiger partial charge in [-0.15, -0.1) is 0 Å². The van der Waals surface area contributed by atoms with Crippen molar-refractivity contribution in [3.05, 3.63) is 0 Å². The second kappa shape index (κ2) is 12.6. The predicted molar refractivity (Wildman–Crippen MR) is 50.4 cm³/mol. The Morgan fingerprint density at radius 1 is 1.27 bits per heavy atom. The van der Waals surface area contributed by atoms with Gasteiger partial charge in [0.1, 0.15) is 0 Å². The minimum atomic E-state index is 0.826. The molecule has 0 atom stereocenters. The van der Waals surface area contributed by atoms with Gasteiger partial charge in [0.25, 0.3) is 0 Å². The molecule has 0 aromatic carbocycles. The number of hydrogen-bond acceptors (Lipinski definition) is 2. The first-order chi connectivity index (χ1) is 5.15. The molecule has 11 heavy (non-hydrogen) atoms. The first kappa shape index (κ1) is 13.5. The lowest BCUT2D eigenvalue weighted by molar-refractivity contribution is 0.0559. The van der Waals surface area contributed by atoms with Crippen molar-refractivity contribution in [3.63, 3.8) is 0 Å². The van der Waals surface area contributed by atoms with Gasteiger partial charge in [-0.3, -0.25) is 0 Å². The van der Waals surface area contributed by atoms with Crippen molar-refractivity contribution in [3.8, 4) is 0 Å². The van der Waals surface area contributed by atoms with Crippen LogP contribution in [0.2, 0.25) is 0 Å². The van der Waals surface area contributed by atoms with E-state index in [1.807, 2.05) is 0 Å². The Labute approximate surface area is 71.3 Å². The van der Waals surface area contributed by atoms with Gasteiger partial charge in [-0.25, -0.2) is 5.48 Å². The molecule has 0 aromatic rings. The highest BCUT2D eigenvalue weighted by Crippen LogP contribution is 1.83. The Hall–Kier alpha value is -0.0800. The van der Waals surface area contributed by atoms with Gasteiger partial charge < -0.3 is 4.84 Å². The lowest BCUT2D eigenvalue weighted by Gasteiger charge is -1.95. The van der Waals surface area contributed by atoms with Gasteiger partial charge in [0.2, 0.25) is 0 Å². The van der Waals surface area contributed by atoms with Crippen molar-refractivity contribution >= 4 is 0 Å². The Bertz CT molecular complexity index is 48.8. The molecule has 0 saturated carbocycles. The van der Waals surface area contributed by atoms with E-state index in [0.29, 0.717) is 0 Å². The molecule has 0 radical (unpaired) electrons. The standard InChI is InChI=1S/C5H13NO.C4H10/c1-3-4-5-7-6-2;1-4(2)3/h6H,3-5H2,1-2H3;4H,1-3H3. The highest BCUT2D eigenvalue weighted by molar-refractivity contribution is 4.26. The van der Waals surface area contributed by atoms with Crippen molar-refractivity contribution in [1.29, 1.82) is 0 Å². The Balaban J connectivity index is 0. The number of nitrogens with one attached hydrogen (secondary N) is 1. The summed E-state index contributed by atoms with van der Waals surface area (Å²) >= 11 is 0. The zero-order chi connectivity index (χ0) is 9.11. The molecule has 0 spiro atoms. The van der Waals surface area contributed by atoms with Crippen LogP contribution in [0.15, 0.2) is 0 Å². The van der Waals surface area contributed by atoms with Crippen LogP contribution < -0.4 is 5.48 Å². The fourth-order valence-electron chi connectivity index (χ4n) is 0.319. The van der Waals surface area contributed by atoms with E-state index in [2.05, 4.69) is 33.2 Å². The minimum Gasteiger partial charge on any atom is -0.302 e. The quantitative estimate of drug-likeness (QED) is 0.505. The fraction of sp³-hybridized carbons (Fsp3) is 1.00. The molecular weight excluding hydrogens is 138 g/mol. The highest BCUT2D eigenvalue weighted by atomic mass is 16.6. The third kappa shape index (κ3) is 40.5. The molecule has 0 aliphatic carbocycles. The van der Waals surface area contributed by atoms with Gasteiger partial charge in [-0.05, 0) is 12.3 Å². The van der Waals surface area contributed by atoms with Crippen molar-refractivity contribution in [2.75, 3.05) is 13.7 Å². The maximum atomic E-state index is 4.82. The average Bonchev–Trinajstić information content (AvgIpc) is 1.88. The molecule has 0 aliphatic heterocycles. The number of rotatable bonds is 4. The zero-order valence-electron chi connectivity index (χ0n) is 8.61. The van der Waals surface area contributed by atoms with E-state index in [0.717, 1.165) is 18.9 Å². The molecule has 0 amide bonds. The van der Waals surface area contributed by atoms with Gasteiger partial charge in [0, 0.05) is 7.05 Å². The number of unbranched alkanes of at least 4 members (excludes halogenated alkanes) is 1. The summed E-state index contributed by atoms with van der Waals surface area (Å²) in [6.45, 7) is 9.46. The summed E-state index contributed by atoms with van der Waals surface area (Å²) in [5, 5.41) is 0. The third-order valence-corrected chi connectivity index (χ3v) is 0.744. The molecule has 2 heteroatoms. The second-order valence-corrected chi connectivity index (χ2v) is 3.14. The monoisotopic (exact) mass is 161 g/mol. The SMILES string of the molecule is CC(C)C.CCCCONC. The van der Waals surface area contributed by atoms with Crippen LogP contribution in [0.1, 0.15) is 40.5 Å². The molecule has 1 N–H and O–H groups in total. The Kier molecular flexibility index (Phi) is 15.4. The third-order valence-electron chi connectivity index (χ3n) is 0.744. The second-order valence-electron chi connectivity index (χ2n) is 3.14. The van der Waals surface area contributed by atoms with E-state index in [9.17, 15) is 0 Å². The molecule has 0 saturated heterocycles. The zero-order valence-corrected chi connectivity index (χ0v) is 8.61. The van der Waals surface area contributed by atoms with Crippen LogP contribution >= 0.6 is 0 Å². The predicted octanol–water partition coefficient (Wildman–Crippen LogP) is 2.60. The van der Waals surface area contributed by atoms with Crippen LogP contribution in [0.25, 0.3) is 0 Å². The van der Waals surface area contributed by atoms with Crippen LogP contribution in [-0.2, 0) is 4.84 Å². The van der Waals surface area contributed by atoms with E-state index < -0.39 is 0 Å². The summed E-state index contributed by atoms with van der Waals surface area (Å²) in [6.07, 6.45) is 2.34. The maximum Gasteiger partial charge on any atom is 0.0681 e. The van der Waals surface area contributed by atoms with Crippen LogP contribution in [0.4, 0.5) is 0 Å². The summed E-state index contributed by atoms with van der Waals surface area (Å²) in [6, 6.07) is 0. The summed E-state index contributed by atoms with van der Waals surface area (Å²) in [4.78, 5) is 4.82. The van der Waals surface area contributed by atoms with E-state index in [1.165, 1.54) is 6.42 Å². The molecule has 2 nitrogen and oxygen atoms in total. The van der Waals surface area contributed by atoms with Gasteiger partial charge in [0.05, 0.1) is 6.61 Å². The van der Waals surface area contributed by atoms with Gasteiger partial charge in [-0.2, -0.15) is 0 Å². The molecule has 0 unspecified atom stereocenters. The van der Waals surface area contributed by atoms with Crippen LogP contribution in [0.5, 0.6) is 0 Å². The molecule has 0 heterocycles. The van der Waals surface area contributed by atoms with Crippen molar-refractivity contribution in [2.45, 2.75) is 40.5 Å². The normalized spacial score (nSPS) is 9.27. The minimum absolute atomic E-state index is 0.826. The van der Waals surface area contributed by atoms with E-state index >= 15 is 0 Å². The lowest BCUT2D eigenvalue weighted by Crippen LogP contribution is -2.07. The topological polar surface area (TPSA) is 21.3 Å². The first-order valence-electron chi connectivity index (χ1n) is 4.43. The summed E-state index contributed by atoms with van der Waals surface area (Å²) in [5.74, 6) is 0.833. The smallest absolute Gasteiger partial charge is 0.0681 e. The van der Waals surface area contributed by atoms with Crippen LogP contribution in [0, 0.1) is 5.92 Å². The largest absolute Gasteiger partial charge is 0.302 e. The summed E-state index contributed by atoms with van der Waals surface area (Å²) < 4.78 is 0. The van der Waals surface area contributed by atoms with Crippen molar-refractivity contribution < 1.29 is 4.84 Å². The maximum absolute atomic E-state index is 4.82. The molecule has 0 fully saturated rings. The van der Waals surface area contributed by atoms with E-state index in [4.69, 9.17) is 4.84 Å². The molecule has 0 aliphatic rings. The van der Waals surface area contributed by atoms with E-state index in [-0.39, 0.29) is 0 Å². The first-order valence-corrected chi connectivity index (χ1v) is 4.43. The molecule has 0 bridgehead atoms. The van der Waals surface area contributed by atoms with Gasteiger partial charge >= 0.3 is 0 Å². The number of hydrogen-bond donors (Lipinski definition) is 1. The van der Waals surface area contributed by atoms with Gasteiger partial charge in [-0.1, -0.05) is 34.1 Å². The van der Waals surface area contributed by atoms with Crippen molar-refractivity contribution in [1.82, 2.24) is 5.48 Å². The number of hydroxylamine groups is 1. The molecular formula is C9H23NO. The molecule has 70 valence electrons. The lowest BCUT2D eigenvalue weighted by atomic mass is 10.3.